The first-order valence-corrected chi connectivity index (χ1v) is 5.06. The second-order valence-electron chi connectivity index (χ2n) is 5.11. The van der Waals surface area contributed by atoms with E-state index in [-0.39, 0.29) is 0 Å². The summed E-state index contributed by atoms with van der Waals surface area (Å²) in [6, 6.07) is 0.846. The molecule has 2 bridgehead atoms. The van der Waals surface area contributed by atoms with Gasteiger partial charge in [-0.1, -0.05) is 0 Å². The van der Waals surface area contributed by atoms with Gasteiger partial charge in [0.1, 0.15) is 0 Å². The molecule has 0 aliphatic carbocycles. The molecule has 2 heterocycles. The summed E-state index contributed by atoms with van der Waals surface area (Å²) in [5, 5.41) is 0. The van der Waals surface area contributed by atoms with Crippen molar-refractivity contribution in [3.05, 3.63) is 0 Å². The lowest BCUT2D eigenvalue weighted by molar-refractivity contribution is 0.0508. The fourth-order valence-corrected chi connectivity index (χ4v) is 2.58. The van der Waals surface area contributed by atoms with Crippen molar-refractivity contribution in [1.29, 1.82) is 0 Å². The molecule has 2 saturated heterocycles. The largest absolute Gasteiger partial charge is 0.300 e. The van der Waals surface area contributed by atoms with E-state index in [9.17, 15) is 0 Å². The summed E-state index contributed by atoms with van der Waals surface area (Å²) in [6.07, 6.45) is 1.39. The number of piperazine rings is 1. The van der Waals surface area contributed by atoms with E-state index >= 15 is 0 Å². The zero-order chi connectivity index (χ0) is 8.77. The lowest BCUT2D eigenvalue weighted by Crippen LogP contribution is -2.54. The van der Waals surface area contributed by atoms with E-state index < -0.39 is 0 Å². The number of nitrogens with zero attached hydrogens (tertiary/aromatic N) is 2. The van der Waals surface area contributed by atoms with Gasteiger partial charge in [-0.2, -0.15) is 0 Å². The third-order valence-corrected chi connectivity index (χ3v) is 3.21. The zero-order valence-electron chi connectivity index (χ0n) is 8.51. The molecule has 2 aliphatic rings. The molecule has 2 heteroatoms. The molecule has 2 nitrogen and oxygen atoms in total. The third-order valence-electron chi connectivity index (χ3n) is 3.21. The monoisotopic (exact) mass is 168 g/mol. The van der Waals surface area contributed by atoms with Crippen LogP contribution in [0, 0.1) is 0 Å². The SMILES string of the molecule is CC(C)(C)N1CCN2CCC1C2. The minimum Gasteiger partial charge on any atom is -0.300 e. The van der Waals surface area contributed by atoms with E-state index in [0.29, 0.717) is 5.54 Å². The van der Waals surface area contributed by atoms with Gasteiger partial charge >= 0.3 is 0 Å². The standard InChI is InChI=1S/C10H20N2/c1-10(2,3)12-7-6-11-5-4-9(12)8-11/h9H,4-8H2,1-3H3. The Morgan fingerprint density at radius 1 is 1.08 bits per heavy atom. The summed E-state index contributed by atoms with van der Waals surface area (Å²) < 4.78 is 0. The highest BCUT2D eigenvalue weighted by molar-refractivity contribution is 4.93. The molecular weight excluding hydrogens is 148 g/mol. The third kappa shape index (κ3) is 1.38. The van der Waals surface area contributed by atoms with Crippen LogP contribution in [-0.2, 0) is 0 Å². The van der Waals surface area contributed by atoms with Crippen molar-refractivity contribution in [3.8, 4) is 0 Å². The Labute approximate surface area is 75.5 Å². The van der Waals surface area contributed by atoms with Gasteiger partial charge in [-0.15, -0.1) is 0 Å². The normalized spacial score (nSPS) is 37.2. The summed E-state index contributed by atoms with van der Waals surface area (Å²) >= 11 is 0. The Kier molecular flexibility index (Phi) is 1.92. The molecule has 2 unspecified atom stereocenters. The first kappa shape index (κ1) is 8.52. The van der Waals surface area contributed by atoms with E-state index in [4.69, 9.17) is 0 Å². The minimum absolute atomic E-state index is 0.376. The van der Waals surface area contributed by atoms with Gasteiger partial charge in [0.2, 0.25) is 0 Å². The highest BCUT2D eigenvalue weighted by atomic mass is 15.3. The summed E-state index contributed by atoms with van der Waals surface area (Å²) in [4.78, 5) is 5.27. The Hall–Kier alpha value is -0.0800. The predicted molar refractivity (Wildman–Crippen MR) is 51.3 cm³/mol. The van der Waals surface area contributed by atoms with Crippen molar-refractivity contribution in [2.24, 2.45) is 0 Å². The van der Waals surface area contributed by atoms with Crippen LogP contribution in [0.5, 0.6) is 0 Å². The fourth-order valence-electron chi connectivity index (χ4n) is 2.58. The second-order valence-corrected chi connectivity index (χ2v) is 5.11. The molecule has 0 N–H and O–H groups in total. The first-order valence-electron chi connectivity index (χ1n) is 5.06. The average molecular weight is 168 g/mol. The van der Waals surface area contributed by atoms with Crippen LogP contribution in [-0.4, -0.2) is 47.6 Å². The molecule has 2 atom stereocenters. The number of hydrogen-bond acceptors (Lipinski definition) is 2. The smallest absolute Gasteiger partial charge is 0.0241 e. The number of hydrogen-bond donors (Lipinski definition) is 0. The first-order chi connectivity index (χ1) is 5.57. The summed E-state index contributed by atoms with van der Waals surface area (Å²) in [5.74, 6) is 0. The van der Waals surface area contributed by atoms with Crippen molar-refractivity contribution in [1.82, 2.24) is 9.80 Å². The quantitative estimate of drug-likeness (QED) is 0.536. The topological polar surface area (TPSA) is 6.48 Å². The molecule has 70 valence electrons. The molecular formula is C10H20N2. The number of fused-ring (bicyclic) bond motifs is 2. The van der Waals surface area contributed by atoms with E-state index in [2.05, 4.69) is 30.6 Å². The van der Waals surface area contributed by atoms with Gasteiger partial charge in [0.05, 0.1) is 0 Å². The maximum Gasteiger partial charge on any atom is 0.0241 e. The van der Waals surface area contributed by atoms with Gasteiger partial charge in [0.25, 0.3) is 0 Å². The summed E-state index contributed by atoms with van der Waals surface area (Å²) in [7, 11) is 0. The molecule has 0 amide bonds. The molecule has 2 fully saturated rings. The summed E-state index contributed by atoms with van der Waals surface area (Å²) in [5.41, 5.74) is 0.376. The van der Waals surface area contributed by atoms with Crippen molar-refractivity contribution in [3.63, 3.8) is 0 Å². The van der Waals surface area contributed by atoms with Crippen LogP contribution in [0.15, 0.2) is 0 Å². The van der Waals surface area contributed by atoms with Crippen molar-refractivity contribution < 1.29 is 0 Å². The van der Waals surface area contributed by atoms with Crippen molar-refractivity contribution in [2.75, 3.05) is 26.2 Å². The Morgan fingerprint density at radius 2 is 1.83 bits per heavy atom. The lowest BCUT2D eigenvalue weighted by Gasteiger charge is -2.43. The van der Waals surface area contributed by atoms with E-state index in [1.807, 2.05) is 0 Å². The molecule has 0 aromatic carbocycles. The Balaban J connectivity index is 2.07. The molecule has 0 radical (unpaired) electrons. The molecule has 2 aliphatic heterocycles. The van der Waals surface area contributed by atoms with Crippen LogP contribution in [0.2, 0.25) is 0 Å². The van der Waals surface area contributed by atoms with Crippen LogP contribution in [0.3, 0.4) is 0 Å². The van der Waals surface area contributed by atoms with Gasteiger partial charge in [-0.05, 0) is 33.7 Å². The van der Waals surface area contributed by atoms with E-state index in [0.717, 1.165) is 6.04 Å². The second kappa shape index (κ2) is 2.71. The molecule has 0 aromatic heterocycles. The molecule has 12 heavy (non-hydrogen) atoms. The maximum atomic E-state index is 2.68. The van der Waals surface area contributed by atoms with Gasteiger partial charge < -0.3 is 4.90 Å². The zero-order valence-corrected chi connectivity index (χ0v) is 8.51. The number of rotatable bonds is 0. The van der Waals surface area contributed by atoms with E-state index in [1.54, 1.807) is 0 Å². The van der Waals surface area contributed by atoms with Crippen LogP contribution in [0.25, 0.3) is 0 Å². The van der Waals surface area contributed by atoms with E-state index in [1.165, 1.54) is 32.6 Å². The Morgan fingerprint density at radius 3 is 2.50 bits per heavy atom. The van der Waals surface area contributed by atoms with Gasteiger partial charge in [-0.3, -0.25) is 4.90 Å². The minimum atomic E-state index is 0.376. The molecule has 0 saturated carbocycles. The van der Waals surface area contributed by atoms with Gasteiger partial charge in [-0.25, -0.2) is 0 Å². The highest BCUT2D eigenvalue weighted by Crippen LogP contribution is 2.27. The lowest BCUT2D eigenvalue weighted by atomic mass is 10.0. The molecule has 0 spiro atoms. The van der Waals surface area contributed by atoms with Crippen LogP contribution >= 0.6 is 0 Å². The average Bonchev–Trinajstić information content (AvgIpc) is 2.30. The predicted octanol–water partition coefficient (Wildman–Crippen LogP) is 1.17. The van der Waals surface area contributed by atoms with Gasteiger partial charge in [0, 0.05) is 31.2 Å². The summed E-state index contributed by atoms with van der Waals surface area (Å²) in [6.45, 7) is 12.2. The van der Waals surface area contributed by atoms with Crippen molar-refractivity contribution >= 4 is 0 Å². The maximum absolute atomic E-state index is 2.68. The fraction of sp³-hybridized carbons (Fsp3) is 1.00. The van der Waals surface area contributed by atoms with Crippen LogP contribution in [0.1, 0.15) is 27.2 Å². The van der Waals surface area contributed by atoms with Crippen LogP contribution < -0.4 is 0 Å². The molecule has 0 aromatic rings. The van der Waals surface area contributed by atoms with Gasteiger partial charge in [0.15, 0.2) is 0 Å². The molecule has 2 rings (SSSR count). The Bertz CT molecular complexity index is 171. The van der Waals surface area contributed by atoms with Crippen LogP contribution in [0.4, 0.5) is 0 Å². The highest BCUT2D eigenvalue weighted by Gasteiger charge is 2.37. The van der Waals surface area contributed by atoms with Crippen molar-refractivity contribution in [2.45, 2.75) is 38.8 Å².